The molecule has 116 valence electrons. The van der Waals surface area contributed by atoms with Gasteiger partial charge in [0.05, 0.1) is 11.2 Å². The molecule has 1 heterocycles. The largest absolute Gasteiger partial charge is 0.488 e. The summed E-state index contributed by atoms with van der Waals surface area (Å²) in [6, 6.07) is 2.47. The smallest absolute Gasteiger partial charge is 0.274 e. The highest BCUT2D eigenvalue weighted by Crippen LogP contribution is 2.29. The molecule has 6 heteroatoms. The maximum atomic E-state index is 14.2. The number of halogens is 2. The second-order valence-electron chi connectivity index (χ2n) is 5.15. The molecule has 4 nitrogen and oxygen atoms in total. The molecule has 0 amide bonds. The van der Waals surface area contributed by atoms with E-state index in [9.17, 15) is 9.18 Å². The van der Waals surface area contributed by atoms with Crippen LogP contribution in [0.15, 0.2) is 35.3 Å². The molecule has 0 aliphatic heterocycles. The quantitative estimate of drug-likeness (QED) is 0.808. The molecule has 1 aromatic heterocycles. The summed E-state index contributed by atoms with van der Waals surface area (Å²) in [7, 11) is 0. The van der Waals surface area contributed by atoms with E-state index in [1.807, 2.05) is 0 Å². The lowest BCUT2D eigenvalue weighted by Crippen LogP contribution is -2.24. The summed E-state index contributed by atoms with van der Waals surface area (Å²) < 4.78 is 20.6. The van der Waals surface area contributed by atoms with Gasteiger partial charge in [-0.3, -0.25) is 4.79 Å². The van der Waals surface area contributed by atoms with Crippen molar-refractivity contribution in [3.8, 4) is 11.4 Å². The summed E-state index contributed by atoms with van der Waals surface area (Å²) in [6.07, 6.45) is 1.51. The number of nitrogens with zero attached hydrogens (tertiary/aromatic N) is 2. The van der Waals surface area contributed by atoms with Crippen molar-refractivity contribution < 1.29 is 9.13 Å². The van der Waals surface area contributed by atoms with Crippen molar-refractivity contribution in [2.24, 2.45) is 0 Å². The lowest BCUT2D eigenvalue weighted by Gasteiger charge is -2.12. The molecule has 0 atom stereocenters. The molecule has 0 saturated carbocycles. The molecule has 0 saturated heterocycles. The normalized spacial score (nSPS) is 10.6. The van der Waals surface area contributed by atoms with Crippen LogP contribution in [0.4, 0.5) is 4.39 Å². The molecule has 0 N–H and O–H groups in total. The molecular weight excluding hydrogens is 307 g/mol. The van der Waals surface area contributed by atoms with Crippen molar-refractivity contribution in [2.75, 3.05) is 6.61 Å². The van der Waals surface area contributed by atoms with E-state index in [4.69, 9.17) is 16.3 Å². The van der Waals surface area contributed by atoms with Gasteiger partial charge in [-0.15, -0.1) is 0 Å². The van der Waals surface area contributed by atoms with Gasteiger partial charge < -0.3 is 4.74 Å². The number of ether oxygens (including phenoxy) is 1. The molecular formula is C16H16ClFN2O2. The Morgan fingerprint density at radius 2 is 2.14 bits per heavy atom. The van der Waals surface area contributed by atoms with E-state index in [1.165, 1.54) is 12.3 Å². The van der Waals surface area contributed by atoms with E-state index in [0.717, 1.165) is 21.9 Å². The lowest BCUT2D eigenvalue weighted by atomic mass is 10.2. The van der Waals surface area contributed by atoms with Crippen LogP contribution in [-0.4, -0.2) is 16.4 Å². The van der Waals surface area contributed by atoms with Crippen molar-refractivity contribution in [1.29, 1.82) is 0 Å². The first kappa shape index (κ1) is 16.2. The van der Waals surface area contributed by atoms with Crippen LogP contribution in [-0.2, 0) is 0 Å². The minimum atomic E-state index is -0.648. The van der Waals surface area contributed by atoms with E-state index in [-0.39, 0.29) is 28.6 Å². The fourth-order valence-corrected chi connectivity index (χ4v) is 1.99. The second kappa shape index (κ2) is 6.32. The maximum absolute atomic E-state index is 14.2. The van der Waals surface area contributed by atoms with Crippen LogP contribution in [0.2, 0.25) is 5.02 Å². The van der Waals surface area contributed by atoms with Gasteiger partial charge in [-0.2, -0.15) is 9.78 Å². The molecule has 0 spiro atoms. The Bertz CT molecular complexity index is 799. The molecule has 22 heavy (non-hydrogen) atoms. The summed E-state index contributed by atoms with van der Waals surface area (Å²) in [6.45, 7) is 9.21. The van der Waals surface area contributed by atoms with Crippen LogP contribution in [0, 0.1) is 19.7 Å². The molecule has 0 unspecified atom stereocenters. The monoisotopic (exact) mass is 322 g/mol. The summed E-state index contributed by atoms with van der Waals surface area (Å²) in [5.74, 6) is -0.376. The summed E-state index contributed by atoms with van der Waals surface area (Å²) >= 11 is 5.97. The van der Waals surface area contributed by atoms with Gasteiger partial charge in [0.15, 0.2) is 5.82 Å². The molecule has 0 aliphatic carbocycles. The highest BCUT2D eigenvalue weighted by Gasteiger charge is 2.15. The number of aryl methyl sites for hydroxylation is 1. The van der Waals surface area contributed by atoms with Crippen LogP contribution >= 0.6 is 11.6 Å². The average Bonchev–Trinajstić information content (AvgIpc) is 2.45. The first-order chi connectivity index (χ1) is 10.3. The Hall–Kier alpha value is -2.14. The third kappa shape index (κ3) is 3.20. The predicted octanol–water partition coefficient (Wildman–Crippen LogP) is 3.60. The van der Waals surface area contributed by atoms with Crippen LogP contribution < -0.4 is 10.3 Å². The van der Waals surface area contributed by atoms with Gasteiger partial charge in [0.2, 0.25) is 0 Å². The fraction of sp³-hybridized carbons (Fsp3) is 0.250. The van der Waals surface area contributed by atoms with Gasteiger partial charge in [0.1, 0.15) is 18.0 Å². The molecule has 0 radical (unpaired) electrons. The highest BCUT2D eigenvalue weighted by molar-refractivity contribution is 6.32. The third-order valence-corrected chi connectivity index (χ3v) is 3.47. The number of hydrogen-bond donors (Lipinski definition) is 0. The summed E-state index contributed by atoms with van der Waals surface area (Å²) in [4.78, 5) is 12.3. The van der Waals surface area contributed by atoms with Crippen LogP contribution in [0.3, 0.4) is 0 Å². The molecule has 2 aromatic rings. The van der Waals surface area contributed by atoms with E-state index < -0.39 is 5.82 Å². The number of benzene rings is 1. The Labute approximate surface area is 132 Å². The Kier molecular flexibility index (Phi) is 4.66. The standard InChI is InChI=1S/C16H16ClFN2O2/c1-9(2)8-22-15-6-14(13(18)5-12(15)17)20-16(21)11(4)10(3)7-19-20/h5-7H,1,8H2,2-4H3. The third-order valence-electron chi connectivity index (χ3n) is 3.18. The zero-order chi connectivity index (χ0) is 16.4. The SMILES string of the molecule is C=C(C)COc1cc(-n2ncc(C)c(C)c2=O)c(F)cc1Cl. The van der Waals surface area contributed by atoms with Crippen molar-refractivity contribution in [2.45, 2.75) is 20.8 Å². The van der Waals surface area contributed by atoms with Gasteiger partial charge >= 0.3 is 0 Å². The highest BCUT2D eigenvalue weighted by atomic mass is 35.5. The van der Waals surface area contributed by atoms with E-state index in [0.29, 0.717) is 5.56 Å². The van der Waals surface area contributed by atoms with Gasteiger partial charge in [-0.1, -0.05) is 18.2 Å². The summed E-state index contributed by atoms with van der Waals surface area (Å²) in [5, 5.41) is 4.11. The average molecular weight is 323 g/mol. The second-order valence-corrected chi connectivity index (χ2v) is 5.56. The number of aromatic nitrogens is 2. The molecule has 0 fully saturated rings. The number of hydrogen-bond acceptors (Lipinski definition) is 3. The topological polar surface area (TPSA) is 44.1 Å². The zero-order valence-corrected chi connectivity index (χ0v) is 13.4. The van der Waals surface area contributed by atoms with Crippen molar-refractivity contribution in [3.63, 3.8) is 0 Å². The summed E-state index contributed by atoms with van der Waals surface area (Å²) in [5.41, 5.74) is 1.66. The van der Waals surface area contributed by atoms with Crippen molar-refractivity contribution in [3.05, 3.63) is 62.8 Å². The fourth-order valence-electron chi connectivity index (χ4n) is 1.78. The Morgan fingerprint density at radius 3 is 2.77 bits per heavy atom. The van der Waals surface area contributed by atoms with Crippen LogP contribution in [0.1, 0.15) is 18.1 Å². The Morgan fingerprint density at radius 1 is 1.45 bits per heavy atom. The van der Waals surface area contributed by atoms with Gasteiger partial charge in [0, 0.05) is 11.6 Å². The van der Waals surface area contributed by atoms with Gasteiger partial charge in [0.25, 0.3) is 5.56 Å². The Balaban J connectivity index is 2.56. The molecule has 0 bridgehead atoms. The minimum Gasteiger partial charge on any atom is -0.488 e. The first-order valence-corrected chi connectivity index (χ1v) is 7.01. The van der Waals surface area contributed by atoms with Crippen molar-refractivity contribution in [1.82, 2.24) is 9.78 Å². The minimum absolute atomic E-state index is 0.00536. The van der Waals surface area contributed by atoms with E-state index >= 15 is 0 Å². The zero-order valence-electron chi connectivity index (χ0n) is 12.6. The van der Waals surface area contributed by atoms with Gasteiger partial charge in [-0.25, -0.2) is 4.39 Å². The first-order valence-electron chi connectivity index (χ1n) is 6.63. The molecule has 1 aromatic carbocycles. The predicted molar refractivity (Wildman–Crippen MR) is 84.6 cm³/mol. The molecule has 0 aliphatic rings. The van der Waals surface area contributed by atoms with Crippen LogP contribution in [0.5, 0.6) is 5.75 Å². The molecule has 2 rings (SSSR count). The van der Waals surface area contributed by atoms with Crippen molar-refractivity contribution >= 4 is 11.6 Å². The lowest BCUT2D eigenvalue weighted by molar-refractivity contribution is 0.352. The van der Waals surface area contributed by atoms with E-state index in [2.05, 4.69) is 11.7 Å². The number of rotatable bonds is 4. The van der Waals surface area contributed by atoms with E-state index in [1.54, 1.807) is 20.8 Å². The van der Waals surface area contributed by atoms with Crippen LogP contribution in [0.25, 0.3) is 5.69 Å². The maximum Gasteiger partial charge on any atom is 0.274 e. The van der Waals surface area contributed by atoms with Gasteiger partial charge in [-0.05, 0) is 38.0 Å².